The monoisotopic (exact) mass is 339 g/mol. The minimum atomic E-state index is -0.332. The van der Waals surface area contributed by atoms with E-state index in [9.17, 15) is 9.59 Å². The van der Waals surface area contributed by atoms with Crippen molar-refractivity contribution in [3.63, 3.8) is 0 Å². The molecular formula is C20H25N3O2. The van der Waals surface area contributed by atoms with Crippen LogP contribution >= 0.6 is 0 Å². The van der Waals surface area contributed by atoms with E-state index in [0.717, 1.165) is 30.0 Å². The van der Waals surface area contributed by atoms with Crippen LogP contribution in [0.5, 0.6) is 0 Å². The van der Waals surface area contributed by atoms with E-state index in [-0.39, 0.29) is 18.2 Å². The first-order valence-electron chi connectivity index (χ1n) is 8.53. The summed E-state index contributed by atoms with van der Waals surface area (Å²) in [5.41, 5.74) is 3.51. The molecule has 132 valence electrons. The number of nitrogens with zero attached hydrogens (tertiary/aromatic N) is 1. The van der Waals surface area contributed by atoms with Crippen LogP contribution in [0.1, 0.15) is 25.8 Å². The standard InChI is InChI=1S/C20H25N3O2/c1-4-23(5-2)17-11-12-18(15(3)13-17)22-20(25)14-19(24)21-16-9-7-6-8-10-16/h6-13H,4-5,14H2,1-3H3,(H,21,24)(H,22,25). The van der Waals surface area contributed by atoms with Crippen LogP contribution in [0.25, 0.3) is 0 Å². The fourth-order valence-corrected chi connectivity index (χ4v) is 2.64. The Labute approximate surface area is 149 Å². The van der Waals surface area contributed by atoms with E-state index in [1.807, 2.05) is 43.3 Å². The summed E-state index contributed by atoms with van der Waals surface area (Å²) in [5, 5.41) is 5.52. The smallest absolute Gasteiger partial charge is 0.233 e. The summed E-state index contributed by atoms with van der Waals surface area (Å²) in [6.07, 6.45) is -0.216. The van der Waals surface area contributed by atoms with Gasteiger partial charge in [-0.3, -0.25) is 9.59 Å². The van der Waals surface area contributed by atoms with Gasteiger partial charge in [-0.25, -0.2) is 0 Å². The molecule has 0 saturated carbocycles. The molecule has 2 aromatic carbocycles. The Kier molecular flexibility index (Phi) is 6.57. The minimum absolute atomic E-state index is 0.216. The van der Waals surface area contributed by atoms with Gasteiger partial charge in [0.1, 0.15) is 6.42 Å². The van der Waals surface area contributed by atoms with Crippen molar-refractivity contribution in [1.82, 2.24) is 0 Å². The summed E-state index contributed by atoms with van der Waals surface area (Å²) in [6, 6.07) is 15.0. The maximum absolute atomic E-state index is 12.1. The molecule has 0 spiro atoms. The molecule has 2 amide bonds. The highest BCUT2D eigenvalue weighted by Gasteiger charge is 2.12. The lowest BCUT2D eigenvalue weighted by Crippen LogP contribution is -2.23. The molecular weight excluding hydrogens is 314 g/mol. The maximum Gasteiger partial charge on any atom is 0.233 e. The number of amides is 2. The average Bonchev–Trinajstić information content (AvgIpc) is 2.59. The summed E-state index contributed by atoms with van der Waals surface area (Å²) in [4.78, 5) is 26.3. The molecule has 2 N–H and O–H groups in total. The Bertz CT molecular complexity index is 725. The number of hydrogen-bond acceptors (Lipinski definition) is 3. The van der Waals surface area contributed by atoms with Crippen LogP contribution in [-0.4, -0.2) is 24.9 Å². The Balaban J connectivity index is 1.95. The molecule has 2 aromatic rings. The van der Waals surface area contributed by atoms with E-state index in [4.69, 9.17) is 0 Å². The number of benzene rings is 2. The van der Waals surface area contributed by atoms with E-state index in [1.54, 1.807) is 12.1 Å². The summed E-state index contributed by atoms with van der Waals surface area (Å²) >= 11 is 0. The Morgan fingerprint density at radius 1 is 0.920 bits per heavy atom. The number of aryl methyl sites for hydroxylation is 1. The van der Waals surface area contributed by atoms with Crippen LogP contribution < -0.4 is 15.5 Å². The van der Waals surface area contributed by atoms with Crippen molar-refractivity contribution >= 4 is 28.9 Å². The second-order valence-corrected chi connectivity index (χ2v) is 5.81. The van der Waals surface area contributed by atoms with Crippen LogP contribution in [0.2, 0.25) is 0 Å². The third-order valence-corrected chi connectivity index (χ3v) is 3.99. The molecule has 0 bridgehead atoms. The third-order valence-electron chi connectivity index (χ3n) is 3.99. The molecule has 5 nitrogen and oxygen atoms in total. The molecule has 0 radical (unpaired) electrons. The topological polar surface area (TPSA) is 61.4 Å². The van der Waals surface area contributed by atoms with Crippen molar-refractivity contribution in [2.75, 3.05) is 28.6 Å². The van der Waals surface area contributed by atoms with Gasteiger partial charge >= 0.3 is 0 Å². The lowest BCUT2D eigenvalue weighted by atomic mass is 10.1. The molecule has 5 heteroatoms. The summed E-state index contributed by atoms with van der Waals surface area (Å²) in [5.74, 6) is -0.659. The molecule has 0 heterocycles. The van der Waals surface area contributed by atoms with Gasteiger partial charge in [0.15, 0.2) is 0 Å². The Morgan fingerprint density at radius 2 is 1.56 bits per heavy atom. The van der Waals surface area contributed by atoms with Gasteiger partial charge < -0.3 is 15.5 Å². The molecule has 2 rings (SSSR count). The van der Waals surface area contributed by atoms with Crippen LogP contribution in [0.15, 0.2) is 48.5 Å². The van der Waals surface area contributed by atoms with Crippen LogP contribution in [0.3, 0.4) is 0 Å². The van der Waals surface area contributed by atoms with E-state index in [0.29, 0.717) is 5.69 Å². The minimum Gasteiger partial charge on any atom is -0.372 e. The molecule has 0 unspecified atom stereocenters. The zero-order valence-corrected chi connectivity index (χ0v) is 15.0. The van der Waals surface area contributed by atoms with E-state index >= 15 is 0 Å². The van der Waals surface area contributed by atoms with Gasteiger partial charge in [0.2, 0.25) is 11.8 Å². The first-order chi connectivity index (χ1) is 12.0. The number of carbonyl (C=O) groups excluding carboxylic acids is 2. The van der Waals surface area contributed by atoms with Crippen LogP contribution in [-0.2, 0) is 9.59 Å². The van der Waals surface area contributed by atoms with E-state index in [2.05, 4.69) is 29.4 Å². The van der Waals surface area contributed by atoms with Gasteiger partial charge in [0, 0.05) is 30.2 Å². The number of hydrogen-bond donors (Lipinski definition) is 2. The Hall–Kier alpha value is -2.82. The number of carbonyl (C=O) groups is 2. The largest absolute Gasteiger partial charge is 0.372 e. The van der Waals surface area contributed by atoms with Crippen molar-refractivity contribution in [1.29, 1.82) is 0 Å². The molecule has 0 saturated heterocycles. The predicted molar refractivity (Wildman–Crippen MR) is 103 cm³/mol. The zero-order valence-electron chi connectivity index (χ0n) is 15.0. The second kappa shape index (κ2) is 8.87. The van der Waals surface area contributed by atoms with Crippen molar-refractivity contribution in [3.8, 4) is 0 Å². The van der Waals surface area contributed by atoms with Gasteiger partial charge in [-0.2, -0.15) is 0 Å². The number of para-hydroxylation sites is 1. The SMILES string of the molecule is CCN(CC)c1ccc(NC(=O)CC(=O)Nc2ccccc2)c(C)c1. The fraction of sp³-hybridized carbons (Fsp3) is 0.300. The van der Waals surface area contributed by atoms with Crippen LogP contribution in [0, 0.1) is 6.92 Å². The summed E-state index contributed by atoms with van der Waals surface area (Å²) in [6.45, 7) is 8.04. The molecule has 25 heavy (non-hydrogen) atoms. The zero-order chi connectivity index (χ0) is 18.2. The molecule has 0 aliphatic carbocycles. The lowest BCUT2D eigenvalue weighted by molar-refractivity contribution is -0.123. The van der Waals surface area contributed by atoms with Gasteiger partial charge in [-0.15, -0.1) is 0 Å². The number of nitrogens with one attached hydrogen (secondary N) is 2. The van der Waals surface area contributed by atoms with Crippen molar-refractivity contribution in [2.24, 2.45) is 0 Å². The van der Waals surface area contributed by atoms with Crippen molar-refractivity contribution < 1.29 is 9.59 Å². The third kappa shape index (κ3) is 5.35. The molecule has 0 fully saturated rings. The van der Waals surface area contributed by atoms with E-state index in [1.165, 1.54) is 0 Å². The summed E-state index contributed by atoms with van der Waals surface area (Å²) in [7, 11) is 0. The first kappa shape index (κ1) is 18.5. The average molecular weight is 339 g/mol. The molecule has 0 aliphatic heterocycles. The highest BCUT2D eigenvalue weighted by atomic mass is 16.2. The highest BCUT2D eigenvalue weighted by molar-refractivity contribution is 6.08. The lowest BCUT2D eigenvalue weighted by Gasteiger charge is -2.22. The van der Waals surface area contributed by atoms with Gasteiger partial charge in [-0.05, 0) is 56.7 Å². The van der Waals surface area contributed by atoms with Gasteiger partial charge in [-0.1, -0.05) is 18.2 Å². The van der Waals surface area contributed by atoms with E-state index < -0.39 is 0 Å². The molecule has 0 atom stereocenters. The quantitative estimate of drug-likeness (QED) is 0.754. The molecule has 0 aliphatic rings. The number of rotatable bonds is 7. The van der Waals surface area contributed by atoms with Crippen LogP contribution in [0.4, 0.5) is 17.1 Å². The second-order valence-electron chi connectivity index (χ2n) is 5.81. The normalized spacial score (nSPS) is 10.2. The summed E-state index contributed by atoms with van der Waals surface area (Å²) < 4.78 is 0. The fourth-order valence-electron chi connectivity index (χ4n) is 2.64. The van der Waals surface area contributed by atoms with Crippen molar-refractivity contribution in [2.45, 2.75) is 27.2 Å². The highest BCUT2D eigenvalue weighted by Crippen LogP contribution is 2.22. The van der Waals surface area contributed by atoms with Gasteiger partial charge in [0.25, 0.3) is 0 Å². The van der Waals surface area contributed by atoms with Gasteiger partial charge in [0.05, 0.1) is 0 Å². The van der Waals surface area contributed by atoms with Crippen molar-refractivity contribution in [3.05, 3.63) is 54.1 Å². The maximum atomic E-state index is 12.1. The first-order valence-corrected chi connectivity index (χ1v) is 8.53. The molecule has 0 aromatic heterocycles. The predicted octanol–water partition coefficient (Wildman–Crippen LogP) is 3.81. The Morgan fingerprint density at radius 3 is 2.16 bits per heavy atom. The number of anilines is 3.